The Balaban J connectivity index is 2.62. The summed E-state index contributed by atoms with van der Waals surface area (Å²) in [6, 6.07) is 8.21. The first-order valence-electron chi connectivity index (χ1n) is 5.08. The summed E-state index contributed by atoms with van der Waals surface area (Å²) in [5, 5.41) is 1.20. The molecular weight excluding hydrogens is 188 g/mol. The standard InChI is InChI=1S/C12H16N2O/c1-8-12(11(7-13)15-2)9-5-3-4-6-10(9)14-8/h3-6,11,14H,7,13H2,1-2H3. The van der Waals surface area contributed by atoms with Crippen molar-refractivity contribution in [2.24, 2.45) is 5.73 Å². The molecule has 0 fully saturated rings. The van der Waals surface area contributed by atoms with Gasteiger partial charge < -0.3 is 15.5 Å². The number of rotatable bonds is 3. The van der Waals surface area contributed by atoms with Gasteiger partial charge in [0.2, 0.25) is 0 Å². The van der Waals surface area contributed by atoms with Gasteiger partial charge in [-0.2, -0.15) is 0 Å². The van der Waals surface area contributed by atoms with Crippen molar-refractivity contribution in [3.63, 3.8) is 0 Å². The molecule has 0 aliphatic heterocycles. The maximum Gasteiger partial charge on any atom is 0.0966 e. The molecule has 3 N–H and O–H groups in total. The molecule has 0 aliphatic rings. The van der Waals surface area contributed by atoms with Gasteiger partial charge in [0.1, 0.15) is 0 Å². The maximum atomic E-state index is 5.70. The second kappa shape index (κ2) is 4.04. The molecule has 3 heteroatoms. The lowest BCUT2D eigenvalue weighted by atomic mass is 10.1. The number of H-pyrrole nitrogens is 1. The third-order valence-electron chi connectivity index (χ3n) is 2.76. The first-order chi connectivity index (χ1) is 7.27. The van der Waals surface area contributed by atoms with Crippen molar-refractivity contribution in [2.75, 3.05) is 13.7 Å². The van der Waals surface area contributed by atoms with Crippen molar-refractivity contribution in [3.8, 4) is 0 Å². The van der Waals surface area contributed by atoms with Crippen LogP contribution >= 0.6 is 0 Å². The molecule has 2 rings (SSSR count). The summed E-state index contributed by atoms with van der Waals surface area (Å²) >= 11 is 0. The van der Waals surface area contributed by atoms with Gasteiger partial charge in [0.15, 0.2) is 0 Å². The Morgan fingerprint density at radius 2 is 2.13 bits per heavy atom. The molecule has 15 heavy (non-hydrogen) atoms. The van der Waals surface area contributed by atoms with Gasteiger partial charge in [0.05, 0.1) is 6.10 Å². The highest BCUT2D eigenvalue weighted by molar-refractivity contribution is 5.84. The average molecular weight is 204 g/mol. The smallest absolute Gasteiger partial charge is 0.0966 e. The quantitative estimate of drug-likeness (QED) is 0.804. The minimum atomic E-state index is -0.0267. The summed E-state index contributed by atoms with van der Waals surface area (Å²) in [4.78, 5) is 3.34. The molecule has 1 unspecified atom stereocenters. The third kappa shape index (κ3) is 1.64. The van der Waals surface area contributed by atoms with E-state index in [2.05, 4.69) is 24.0 Å². The molecule has 3 nitrogen and oxygen atoms in total. The second-order valence-corrected chi connectivity index (χ2v) is 3.67. The molecule has 1 aromatic carbocycles. The summed E-state index contributed by atoms with van der Waals surface area (Å²) in [6.45, 7) is 2.55. The van der Waals surface area contributed by atoms with Crippen LogP contribution in [0.25, 0.3) is 10.9 Å². The van der Waals surface area contributed by atoms with E-state index in [0.29, 0.717) is 6.54 Å². The summed E-state index contributed by atoms with van der Waals surface area (Å²) < 4.78 is 5.39. The molecular formula is C12H16N2O. The summed E-state index contributed by atoms with van der Waals surface area (Å²) in [6.07, 6.45) is -0.0267. The van der Waals surface area contributed by atoms with Crippen LogP contribution in [0.15, 0.2) is 24.3 Å². The minimum absolute atomic E-state index is 0.0267. The number of methoxy groups -OCH3 is 1. The van der Waals surface area contributed by atoms with E-state index in [4.69, 9.17) is 10.5 Å². The first kappa shape index (κ1) is 10.2. The van der Waals surface area contributed by atoms with Gasteiger partial charge in [0.25, 0.3) is 0 Å². The summed E-state index contributed by atoms with van der Waals surface area (Å²) in [7, 11) is 1.69. The largest absolute Gasteiger partial charge is 0.375 e. The lowest BCUT2D eigenvalue weighted by Gasteiger charge is -2.13. The lowest BCUT2D eigenvalue weighted by molar-refractivity contribution is 0.111. The van der Waals surface area contributed by atoms with Crippen LogP contribution in [0.4, 0.5) is 0 Å². The average Bonchev–Trinajstić information content (AvgIpc) is 2.58. The van der Waals surface area contributed by atoms with Crippen LogP contribution in [0.3, 0.4) is 0 Å². The van der Waals surface area contributed by atoms with Crippen molar-refractivity contribution in [2.45, 2.75) is 13.0 Å². The van der Waals surface area contributed by atoms with Crippen molar-refractivity contribution in [1.29, 1.82) is 0 Å². The molecule has 1 aromatic heterocycles. The Bertz CT molecular complexity index is 458. The molecule has 1 atom stereocenters. The Kier molecular flexibility index (Phi) is 2.75. The molecule has 0 spiro atoms. The SMILES string of the molecule is COC(CN)c1c(C)[nH]c2ccccc12. The van der Waals surface area contributed by atoms with Gasteiger partial charge in [-0.1, -0.05) is 18.2 Å². The van der Waals surface area contributed by atoms with E-state index in [0.717, 1.165) is 11.2 Å². The second-order valence-electron chi connectivity index (χ2n) is 3.67. The van der Waals surface area contributed by atoms with E-state index in [9.17, 15) is 0 Å². The van der Waals surface area contributed by atoms with Crippen molar-refractivity contribution in [1.82, 2.24) is 4.98 Å². The highest BCUT2D eigenvalue weighted by Gasteiger charge is 2.16. The predicted molar refractivity (Wildman–Crippen MR) is 61.8 cm³/mol. The number of hydrogen-bond donors (Lipinski definition) is 2. The van der Waals surface area contributed by atoms with Crippen LogP contribution in [-0.2, 0) is 4.74 Å². The van der Waals surface area contributed by atoms with Crippen LogP contribution in [0.1, 0.15) is 17.4 Å². The third-order valence-corrected chi connectivity index (χ3v) is 2.76. The Labute approximate surface area is 89.2 Å². The lowest BCUT2D eigenvalue weighted by Crippen LogP contribution is -2.14. The van der Waals surface area contributed by atoms with Gasteiger partial charge in [0, 0.05) is 35.8 Å². The number of fused-ring (bicyclic) bond motifs is 1. The number of ether oxygens (including phenoxy) is 1. The van der Waals surface area contributed by atoms with Gasteiger partial charge in [-0.15, -0.1) is 0 Å². The van der Waals surface area contributed by atoms with E-state index in [1.54, 1.807) is 7.11 Å². The fourth-order valence-electron chi connectivity index (χ4n) is 2.05. The van der Waals surface area contributed by atoms with Gasteiger partial charge in [-0.05, 0) is 13.0 Å². The van der Waals surface area contributed by atoms with Crippen molar-refractivity contribution >= 4 is 10.9 Å². The number of aromatic amines is 1. The van der Waals surface area contributed by atoms with Crippen molar-refractivity contribution < 1.29 is 4.74 Å². The Morgan fingerprint density at radius 1 is 1.40 bits per heavy atom. The number of nitrogens with two attached hydrogens (primary N) is 1. The van der Waals surface area contributed by atoms with Crippen LogP contribution in [0.5, 0.6) is 0 Å². The Hall–Kier alpha value is -1.32. The monoisotopic (exact) mass is 204 g/mol. The molecule has 2 aromatic rings. The van der Waals surface area contributed by atoms with Gasteiger partial charge in [-0.25, -0.2) is 0 Å². The summed E-state index contributed by atoms with van der Waals surface area (Å²) in [5.74, 6) is 0. The molecule has 0 bridgehead atoms. The zero-order valence-electron chi connectivity index (χ0n) is 9.08. The minimum Gasteiger partial charge on any atom is -0.375 e. The number of benzene rings is 1. The summed E-state index contributed by atoms with van der Waals surface area (Å²) in [5.41, 5.74) is 9.14. The molecule has 1 heterocycles. The highest BCUT2D eigenvalue weighted by Crippen LogP contribution is 2.28. The first-order valence-corrected chi connectivity index (χ1v) is 5.08. The maximum absolute atomic E-state index is 5.70. The molecule has 0 saturated heterocycles. The van der Waals surface area contributed by atoms with Crippen LogP contribution in [-0.4, -0.2) is 18.6 Å². The van der Waals surface area contributed by atoms with Crippen molar-refractivity contribution in [3.05, 3.63) is 35.5 Å². The molecule has 80 valence electrons. The van der Waals surface area contributed by atoms with Crippen LogP contribution in [0, 0.1) is 6.92 Å². The zero-order valence-corrected chi connectivity index (χ0v) is 9.08. The number of hydrogen-bond acceptors (Lipinski definition) is 2. The number of aromatic nitrogens is 1. The number of nitrogens with one attached hydrogen (secondary N) is 1. The fraction of sp³-hybridized carbons (Fsp3) is 0.333. The van der Waals surface area contributed by atoms with Crippen LogP contribution in [0.2, 0.25) is 0 Å². The fourth-order valence-corrected chi connectivity index (χ4v) is 2.05. The zero-order chi connectivity index (χ0) is 10.8. The normalized spacial score (nSPS) is 13.3. The molecule has 0 aliphatic carbocycles. The number of aryl methyl sites for hydroxylation is 1. The van der Waals surface area contributed by atoms with E-state index in [-0.39, 0.29) is 6.10 Å². The van der Waals surface area contributed by atoms with E-state index < -0.39 is 0 Å². The predicted octanol–water partition coefficient (Wildman–Crippen LogP) is 2.12. The topological polar surface area (TPSA) is 51.0 Å². The molecule has 0 amide bonds. The number of para-hydroxylation sites is 1. The molecule has 0 saturated carbocycles. The van der Waals surface area contributed by atoms with E-state index >= 15 is 0 Å². The molecule has 0 radical (unpaired) electrons. The Morgan fingerprint density at radius 3 is 2.80 bits per heavy atom. The van der Waals surface area contributed by atoms with Gasteiger partial charge >= 0.3 is 0 Å². The van der Waals surface area contributed by atoms with Crippen LogP contribution < -0.4 is 5.73 Å². The van der Waals surface area contributed by atoms with E-state index in [1.165, 1.54) is 10.9 Å². The highest BCUT2D eigenvalue weighted by atomic mass is 16.5. The van der Waals surface area contributed by atoms with E-state index in [1.807, 2.05) is 12.1 Å². The van der Waals surface area contributed by atoms with Gasteiger partial charge in [-0.3, -0.25) is 0 Å².